The van der Waals surface area contributed by atoms with Crippen molar-refractivity contribution < 1.29 is 14.7 Å². The van der Waals surface area contributed by atoms with Crippen molar-refractivity contribution in [1.29, 1.82) is 0 Å². The zero-order valence-electron chi connectivity index (χ0n) is 11.4. The lowest BCUT2D eigenvalue weighted by atomic mass is 10.0. The molecule has 1 amide bonds. The van der Waals surface area contributed by atoms with Gasteiger partial charge in [-0.1, -0.05) is 30.3 Å². The molecule has 5 heteroatoms. The molecule has 0 aromatic heterocycles. The van der Waals surface area contributed by atoms with E-state index >= 15 is 0 Å². The van der Waals surface area contributed by atoms with Gasteiger partial charge in [-0.2, -0.15) is 0 Å². The quantitative estimate of drug-likeness (QED) is 0.841. The second-order valence-electron chi connectivity index (χ2n) is 5.37. The highest BCUT2D eigenvalue weighted by atomic mass is 16.4. The van der Waals surface area contributed by atoms with Gasteiger partial charge >= 0.3 is 5.97 Å². The molecule has 1 fully saturated rings. The van der Waals surface area contributed by atoms with E-state index in [4.69, 9.17) is 10.8 Å². The molecule has 1 aliphatic heterocycles. The first-order valence-corrected chi connectivity index (χ1v) is 6.85. The number of hydrogen-bond acceptors (Lipinski definition) is 3. The summed E-state index contributed by atoms with van der Waals surface area (Å²) in [6.45, 7) is 0.555. The molecule has 1 saturated heterocycles. The van der Waals surface area contributed by atoms with E-state index in [0.29, 0.717) is 19.4 Å². The summed E-state index contributed by atoms with van der Waals surface area (Å²) in [5, 5.41) is 9.03. The van der Waals surface area contributed by atoms with Crippen molar-refractivity contribution in [2.75, 3.05) is 13.1 Å². The van der Waals surface area contributed by atoms with Gasteiger partial charge in [0.1, 0.15) is 5.54 Å². The predicted molar refractivity (Wildman–Crippen MR) is 75.1 cm³/mol. The molecule has 3 N–H and O–H groups in total. The zero-order valence-corrected chi connectivity index (χ0v) is 11.4. The normalized spacial score (nSPS) is 21.9. The van der Waals surface area contributed by atoms with Gasteiger partial charge in [-0.25, -0.2) is 0 Å². The van der Waals surface area contributed by atoms with E-state index < -0.39 is 11.5 Å². The molecule has 1 aliphatic rings. The molecule has 0 radical (unpaired) electrons. The van der Waals surface area contributed by atoms with E-state index in [1.165, 1.54) is 5.56 Å². The van der Waals surface area contributed by atoms with E-state index in [1.807, 2.05) is 30.3 Å². The Bertz CT molecular complexity index is 489. The first-order valence-electron chi connectivity index (χ1n) is 6.85. The molecule has 1 aromatic rings. The van der Waals surface area contributed by atoms with E-state index in [2.05, 4.69) is 0 Å². The second-order valence-corrected chi connectivity index (χ2v) is 5.37. The van der Waals surface area contributed by atoms with Gasteiger partial charge in [0.15, 0.2) is 0 Å². The first-order chi connectivity index (χ1) is 9.51. The lowest BCUT2D eigenvalue weighted by molar-refractivity contribution is -0.143. The molecule has 1 atom stereocenters. The Balaban J connectivity index is 1.78. The van der Waals surface area contributed by atoms with Crippen LogP contribution < -0.4 is 5.73 Å². The molecular formula is C15H20N2O3. The summed E-state index contributed by atoms with van der Waals surface area (Å²) < 4.78 is 0. The van der Waals surface area contributed by atoms with Gasteiger partial charge in [0.2, 0.25) is 5.91 Å². The Morgan fingerprint density at radius 2 is 2.00 bits per heavy atom. The second kappa shape index (κ2) is 6.05. The van der Waals surface area contributed by atoms with Gasteiger partial charge in [-0.3, -0.25) is 9.59 Å². The SMILES string of the molecule is NC1(C(=O)O)CCN(C(=O)CCCc2ccccc2)C1. The van der Waals surface area contributed by atoms with Gasteiger partial charge in [-0.05, 0) is 24.8 Å². The molecule has 1 heterocycles. The largest absolute Gasteiger partial charge is 0.480 e. The minimum Gasteiger partial charge on any atom is -0.480 e. The number of aryl methyl sites for hydroxylation is 1. The fraction of sp³-hybridized carbons (Fsp3) is 0.467. The van der Waals surface area contributed by atoms with Gasteiger partial charge in [0, 0.05) is 19.5 Å². The van der Waals surface area contributed by atoms with Crippen LogP contribution in [0.5, 0.6) is 0 Å². The summed E-state index contributed by atoms with van der Waals surface area (Å²) in [5.74, 6) is -1.04. The van der Waals surface area contributed by atoms with Crippen molar-refractivity contribution in [3.8, 4) is 0 Å². The lowest BCUT2D eigenvalue weighted by Gasteiger charge is -2.20. The van der Waals surface area contributed by atoms with Crippen molar-refractivity contribution in [3.63, 3.8) is 0 Å². The maximum atomic E-state index is 12.0. The third-order valence-electron chi connectivity index (χ3n) is 3.78. The third-order valence-corrected chi connectivity index (χ3v) is 3.78. The molecule has 0 saturated carbocycles. The molecule has 108 valence electrons. The highest BCUT2D eigenvalue weighted by Crippen LogP contribution is 2.20. The van der Waals surface area contributed by atoms with Crippen molar-refractivity contribution in [1.82, 2.24) is 4.90 Å². The number of amides is 1. The van der Waals surface area contributed by atoms with Crippen molar-refractivity contribution in [2.45, 2.75) is 31.2 Å². The van der Waals surface area contributed by atoms with Crippen LogP contribution in [0.3, 0.4) is 0 Å². The maximum Gasteiger partial charge on any atom is 0.325 e. The number of nitrogens with two attached hydrogens (primary N) is 1. The number of carbonyl (C=O) groups is 2. The van der Waals surface area contributed by atoms with Gasteiger partial charge in [-0.15, -0.1) is 0 Å². The first kappa shape index (κ1) is 14.5. The molecule has 2 rings (SSSR count). The summed E-state index contributed by atoms with van der Waals surface area (Å²) in [6, 6.07) is 10.00. The maximum absolute atomic E-state index is 12.0. The molecule has 20 heavy (non-hydrogen) atoms. The number of hydrogen-bond donors (Lipinski definition) is 2. The number of carboxylic acid groups (broad SMARTS) is 1. The van der Waals surface area contributed by atoms with Crippen LogP contribution in [-0.4, -0.2) is 40.5 Å². The van der Waals surface area contributed by atoms with Crippen LogP contribution >= 0.6 is 0 Å². The molecule has 5 nitrogen and oxygen atoms in total. The van der Waals surface area contributed by atoms with Crippen LogP contribution in [0.1, 0.15) is 24.8 Å². The molecule has 1 aromatic carbocycles. The Kier molecular flexibility index (Phi) is 4.39. The van der Waals surface area contributed by atoms with E-state index in [1.54, 1.807) is 4.90 Å². The Morgan fingerprint density at radius 3 is 2.60 bits per heavy atom. The fourth-order valence-corrected chi connectivity index (χ4v) is 2.47. The molecular weight excluding hydrogens is 256 g/mol. The number of carbonyl (C=O) groups excluding carboxylic acids is 1. The zero-order chi connectivity index (χ0) is 14.6. The number of rotatable bonds is 5. The van der Waals surface area contributed by atoms with Crippen molar-refractivity contribution in [2.24, 2.45) is 5.73 Å². The number of likely N-dealkylation sites (tertiary alicyclic amines) is 1. The van der Waals surface area contributed by atoms with Crippen LogP contribution in [-0.2, 0) is 16.0 Å². The summed E-state index contributed by atoms with van der Waals surface area (Å²) >= 11 is 0. The Labute approximate surface area is 118 Å². The predicted octanol–water partition coefficient (Wildman–Crippen LogP) is 1.02. The minimum atomic E-state index is -1.27. The minimum absolute atomic E-state index is 0.00509. The number of carboxylic acids is 1. The van der Waals surface area contributed by atoms with Crippen LogP contribution in [0.2, 0.25) is 0 Å². The van der Waals surface area contributed by atoms with Gasteiger partial charge in [0.25, 0.3) is 0 Å². The average Bonchev–Trinajstić information content (AvgIpc) is 2.84. The van der Waals surface area contributed by atoms with Crippen LogP contribution in [0.15, 0.2) is 30.3 Å². The number of benzene rings is 1. The topological polar surface area (TPSA) is 83.6 Å². The van der Waals surface area contributed by atoms with E-state index in [-0.39, 0.29) is 12.5 Å². The van der Waals surface area contributed by atoms with Gasteiger partial charge < -0.3 is 15.7 Å². The Hall–Kier alpha value is -1.88. The summed E-state index contributed by atoms with van der Waals surface area (Å²) in [7, 11) is 0. The standard InChI is InChI=1S/C15H20N2O3/c16-15(14(19)20)9-10-17(11-15)13(18)8-4-7-12-5-2-1-3-6-12/h1-3,5-6H,4,7-11,16H2,(H,19,20). The molecule has 1 unspecified atom stereocenters. The highest BCUT2D eigenvalue weighted by Gasteiger charge is 2.42. The average molecular weight is 276 g/mol. The molecule has 0 spiro atoms. The lowest BCUT2D eigenvalue weighted by Crippen LogP contribution is -2.50. The van der Waals surface area contributed by atoms with Crippen molar-refractivity contribution in [3.05, 3.63) is 35.9 Å². The highest BCUT2D eigenvalue weighted by molar-refractivity contribution is 5.83. The van der Waals surface area contributed by atoms with Crippen molar-refractivity contribution >= 4 is 11.9 Å². The molecule has 0 aliphatic carbocycles. The third kappa shape index (κ3) is 3.36. The van der Waals surface area contributed by atoms with Crippen LogP contribution in [0.4, 0.5) is 0 Å². The molecule has 0 bridgehead atoms. The summed E-state index contributed by atoms with van der Waals surface area (Å²) in [5.41, 5.74) is 5.70. The van der Waals surface area contributed by atoms with Crippen LogP contribution in [0.25, 0.3) is 0 Å². The fourth-order valence-electron chi connectivity index (χ4n) is 2.47. The Morgan fingerprint density at radius 1 is 1.30 bits per heavy atom. The number of nitrogens with zero attached hydrogens (tertiary/aromatic N) is 1. The summed E-state index contributed by atoms with van der Waals surface area (Å²) in [6.07, 6.45) is 2.38. The monoisotopic (exact) mass is 276 g/mol. The van der Waals surface area contributed by atoms with E-state index in [0.717, 1.165) is 12.8 Å². The smallest absolute Gasteiger partial charge is 0.325 e. The van der Waals surface area contributed by atoms with Crippen LogP contribution in [0, 0.1) is 0 Å². The summed E-state index contributed by atoms with van der Waals surface area (Å²) in [4.78, 5) is 24.6. The number of aliphatic carboxylic acids is 1. The van der Waals surface area contributed by atoms with Gasteiger partial charge in [0.05, 0.1) is 0 Å². The van der Waals surface area contributed by atoms with E-state index in [9.17, 15) is 9.59 Å².